The first kappa shape index (κ1) is 14.7. The van der Waals surface area contributed by atoms with Crippen LogP contribution in [0.15, 0.2) is 18.2 Å². The summed E-state index contributed by atoms with van der Waals surface area (Å²) in [6, 6.07) is 4.17. The van der Waals surface area contributed by atoms with Crippen LogP contribution >= 0.6 is 0 Å². The van der Waals surface area contributed by atoms with E-state index in [1.807, 2.05) is 0 Å². The Morgan fingerprint density at radius 1 is 1.60 bits per heavy atom. The molecule has 0 bridgehead atoms. The summed E-state index contributed by atoms with van der Waals surface area (Å²) in [6.07, 6.45) is 1.05. The van der Waals surface area contributed by atoms with E-state index in [-0.39, 0.29) is 11.6 Å². The molecule has 1 unspecified atom stereocenters. The van der Waals surface area contributed by atoms with Gasteiger partial charge in [-0.1, -0.05) is 0 Å². The average molecular weight is 281 g/mol. The number of anilines is 2. The molecule has 0 aromatic heterocycles. The minimum Gasteiger partial charge on any atom is -0.396 e. The highest BCUT2D eigenvalue weighted by Gasteiger charge is 2.23. The molecule has 20 heavy (non-hydrogen) atoms. The molecule has 3 N–H and O–H groups in total. The fraction of sp³-hybridized carbons (Fsp3) is 0.500. The summed E-state index contributed by atoms with van der Waals surface area (Å²) in [6.45, 7) is 2.82. The van der Waals surface area contributed by atoms with Crippen LogP contribution in [0.4, 0.5) is 15.8 Å². The summed E-state index contributed by atoms with van der Waals surface area (Å²) in [5.74, 6) is -0.103. The first-order valence-electron chi connectivity index (χ1n) is 6.64. The van der Waals surface area contributed by atoms with Crippen molar-refractivity contribution in [3.05, 3.63) is 24.0 Å². The van der Waals surface area contributed by atoms with E-state index < -0.39 is 5.82 Å². The molecule has 1 atom stereocenters. The fourth-order valence-corrected chi connectivity index (χ4v) is 2.45. The second kappa shape index (κ2) is 6.67. The van der Waals surface area contributed by atoms with Crippen LogP contribution in [0.25, 0.3) is 0 Å². The third-order valence-electron chi connectivity index (χ3n) is 3.42. The molecule has 1 aliphatic rings. The standard InChI is InChI=1S/C14H20FN3O2/c1-20-9-10-4-5-18(7-10)8-14(19)17-11-2-3-12(15)13(16)6-11/h2-3,6,10H,4-5,7-9,16H2,1H3,(H,17,19). The number of nitrogens with one attached hydrogen (secondary N) is 1. The smallest absolute Gasteiger partial charge is 0.238 e. The highest BCUT2D eigenvalue weighted by atomic mass is 19.1. The number of likely N-dealkylation sites (tertiary alicyclic amines) is 1. The Hall–Kier alpha value is -1.66. The molecule has 1 heterocycles. The third kappa shape index (κ3) is 3.91. The van der Waals surface area contributed by atoms with Gasteiger partial charge in [0.15, 0.2) is 0 Å². The van der Waals surface area contributed by atoms with Gasteiger partial charge in [0.2, 0.25) is 5.91 Å². The van der Waals surface area contributed by atoms with E-state index in [2.05, 4.69) is 10.2 Å². The summed E-state index contributed by atoms with van der Waals surface area (Å²) < 4.78 is 18.1. The van der Waals surface area contributed by atoms with E-state index in [0.29, 0.717) is 18.2 Å². The van der Waals surface area contributed by atoms with E-state index >= 15 is 0 Å². The number of hydrogen-bond donors (Lipinski definition) is 2. The number of ether oxygens (including phenoxy) is 1. The van der Waals surface area contributed by atoms with Gasteiger partial charge in [-0.3, -0.25) is 9.69 Å². The van der Waals surface area contributed by atoms with Gasteiger partial charge >= 0.3 is 0 Å². The number of rotatable bonds is 5. The Labute approximate surface area is 117 Å². The van der Waals surface area contributed by atoms with Crippen LogP contribution in [0.2, 0.25) is 0 Å². The maximum absolute atomic E-state index is 13.0. The van der Waals surface area contributed by atoms with Crippen molar-refractivity contribution in [2.45, 2.75) is 6.42 Å². The molecule has 0 spiro atoms. The number of carbonyl (C=O) groups is 1. The molecule has 1 fully saturated rings. The van der Waals surface area contributed by atoms with Gasteiger partial charge in [0, 0.05) is 19.3 Å². The van der Waals surface area contributed by atoms with E-state index in [9.17, 15) is 9.18 Å². The van der Waals surface area contributed by atoms with E-state index in [0.717, 1.165) is 26.1 Å². The van der Waals surface area contributed by atoms with Crippen molar-refractivity contribution < 1.29 is 13.9 Å². The molecule has 110 valence electrons. The minimum atomic E-state index is -0.482. The van der Waals surface area contributed by atoms with Crippen molar-refractivity contribution >= 4 is 17.3 Å². The van der Waals surface area contributed by atoms with Crippen LogP contribution in [0.1, 0.15) is 6.42 Å². The highest BCUT2D eigenvalue weighted by molar-refractivity contribution is 5.92. The lowest BCUT2D eigenvalue weighted by Gasteiger charge is -2.15. The molecule has 6 heteroatoms. The van der Waals surface area contributed by atoms with Gasteiger partial charge in [0.1, 0.15) is 5.82 Å². The lowest BCUT2D eigenvalue weighted by molar-refractivity contribution is -0.117. The minimum absolute atomic E-state index is 0.0316. The molecule has 0 aliphatic carbocycles. The van der Waals surface area contributed by atoms with E-state index in [1.54, 1.807) is 7.11 Å². The van der Waals surface area contributed by atoms with Gasteiger partial charge in [-0.15, -0.1) is 0 Å². The predicted molar refractivity (Wildman–Crippen MR) is 75.9 cm³/mol. The van der Waals surface area contributed by atoms with Crippen LogP contribution in [0.3, 0.4) is 0 Å². The lowest BCUT2D eigenvalue weighted by atomic mass is 10.1. The van der Waals surface area contributed by atoms with Crippen molar-refractivity contribution in [2.75, 3.05) is 44.4 Å². The van der Waals surface area contributed by atoms with Crippen LogP contribution in [0.5, 0.6) is 0 Å². The third-order valence-corrected chi connectivity index (χ3v) is 3.42. The van der Waals surface area contributed by atoms with E-state index in [1.165, 1.54) is 18.2 Å². The van der Waals surface area contributed by atoms with Gasteiger partial charge < -0.3 is 15.8 Å². The van der Waals surface area contributed by atoms with Crippen LogP contribution in [-0.4, -0.2) is 44.2 Å². The van der Waals surface area contributed by atoms with E-state index in [4.69, 9.17) is 10.5 Å². The molecule has 0 saturated carbocycles. The summed E-state index contributed by atoms with van der Waals surface area (Å²) in [7, 11) is 1.69. The summed E-state index contributed by atoms with van der Waals surface area (Å²) in [4.78, 5) is 14.0. The number of nitrogens with two attached hydrogens (primary N) is 1. The van der Waals surface area contributed by atoms with Crippen molar-refractivity contribution in [1.29, 1.82) is 0 Å². The SMILES string of the molecule is COCC1CCN(CC(=O)Nc2ccc(F)c(N)c2)C1. The second-order valence-electron chi connectivity index (χ2n) is 5.13. The van der Waals surface area contributed by atoms with Gasteiger partial charge in [-0.2, -0.15) is 0 Å². The molecule has 1 aromatic carbocycles. The Kier molecular flexibility index (Phi) is 4.92. The molecular weight excluding hydrogens is 261 g/mol. The Balaban J connectivity index is 1.82. The topological polar surface area (TPSA) is 67.6 Å². The monoisotopic (exact) mass is 281 g/mol. The zero-order valence-electron chi connectivity index (χ0n) is 11.6. The largest absolute Gasteiger partial charge is 0.396 e. The molecule has 1 saturated heterocycles. The number of benzene rings is 1. The fourth-order valence-electron chi connectivity index (χ4n) is 2.45. The van der Waals surface area contributed by atoms with Crippen molar-refractivity contribution in [1.82, 2.24) is 4.90 Å². The Morgan fingerprint density at radius 3 is 3.10 bits per heavy atom. The first-order chi connectivity index (χ1) is 9.58. The molecule has 1 aromatic rings. The van der Waals surface area contributed by atoms with Gasteiger partial charge in [-0.05, 0) is 37.1 Å². The number of hydrogen-bond acceptors (Lipinski definition) is 4. The number of carbonyl (C=O) groups excluding carboxylic acids is 1. The van der Waals surface area contributed by atoms with Crippen molar-refractivity contribution in [3.8, 4) is 0 Å². The van der Waals surface area contributed by atoms with Crippen LogP contribution in [-0.2, 0) is 9.53 Å². The summed E-state index contributed by atoms with van der Waals surface area (Å²) >= 11 is 0. The average Bonchev–Trinajstić information content (AvgIpc) is 2.81. The highest BCUT2D eigenvalue weighted by Crippen LogP contribution is 2.18. The number of amides is 1. The predicted octanol–water partition coefficient (Wildman–Crippen LogP) is 1.31. The Morgan fingerprint density at radius 2 is 2.40 bits per heavy atom. The number of nitrogens with zero attached hydrogens (tertiary/aromatic N) is 1. The summed E-state index contributed by atoms with van der Waals surface area (Å²) in [5.41, 5.74) is 6.01. The first-order valence-corrected chi connectivity index (χ1v) is 6.64. The van der Waals surface area contributed by atoms with Crippen molar-refractivity contribution in [2.24, 2.45) is 5.92 Å². The Bertz CT molecular complexity index is 481. The summed E-state index contributed by atoms with van der Waals surface area (Å²) in [5, 5.41) is 2.73. The molecule has 0 radical (unpaired) electrons. The second-order valence-corrected chi connectivity index (χ2v) is 5.13. The molecule has 1 amide bonds. The zero-order valence-corrected chi connectivity index (χ0v) is 11.6. The van der Waals surface area contributed by atoms with Crippen LogP contribution < -0.4 is 11.1 Å². The van der Waals surface area contributed by atoms with Crippen molar-refractivity contribution in [3.63, 3.8) is 0 Å². The zero-order chi connectivity index (χ0) is 14.5. The van der Waals surface area contributed by atoms with Gasteiger partial charge in [0.25, 0.3) is 0 Å². The van der Waals surface area contributed by atoms with Crippen LogP contribution in [0, 0.1) is 11.7 Å². The normalized spacial score (nSPS) is 19.2. The number of methoxy groups -OCH3 is 1. The molecular formula is C14H20FN3O2. The maximum Gasteiger partial charge on any atom is 0.238 e. The molecule has 5 nitrogen and oxygen atoms in total. The number of nitrogen functional groups attached to an aromatic ring is 1. The quantitative estimate of drug-likeness (QED) is 0.799. The number of halogens is 1. The maximum atomic E-state index is 13.0. The molecule has 1 aliphatic heterocycles. The van der Waals surface area contributed by atoms with Gasteiger partial charge in [0.05, 0.1) is 18.8 Å². The molecule has 2 rings (SSSR count). The van der Waals surface area contributed by atoms with Gasteiger partial charge in [-0.25, -0.2) is 4.39 Å². The lowest BCUT2D eigenvalue weighted by Crippen LogP contribution is -2.32.